The van der Waals surface area contributed by atoms with E-state index in [0.717, 1.165) is 51.6 Å². The largest absolute Gasteiger partial charge is 0.381 e. The first-order chi connectivity index (χ1) is 13.7. The summed E-state index contributed by atoms with van der Waals surface area (Å²) in [6.45, 7) is 4.20. The minimum atomic E-state index is -0.346. The number of hydrogen-bond donors (Lipinski definition) is 1. The second kappa shape index (κ2) is 10.6. The number of rotatable bonds is 9. The third-order valence-corrected chi connectivity index (χ3v) is 6.05. The highest BCUT2D eigenvalue weighted by Crippen LogP contribution is 2.40. The van der Waals surface area contributed by atoms with Gasteiger partial charge in [-0.25, -0.2) is 0 Å². The van der Waals surface area contributed by atoms with E-state index in [4.69, 9.17) is 4.74 Å². The molecule has 0 spiro atoms. The molecular formula is C23H34N2O3. The van der Waals surface area contributed by atoms with Crippen LogP contribution in [0.3, 0.4) is 0 Å². The van der Waals surface area contributed by atoms with E-state index in [-0.39, 0.29) is 23.9 Å². The number of amides is 2. The zero-order valence-electron chi connectivity index (χ0n) is 17.1. The van der Waals surface area contributed by atoms with Crippen molar-refractivity contribution in [1.29, 1.82) is 0 Å². The van der Waals surface area contributed by atoms with Crippen molar-refractivity contribution >= 4 is 11.8 Å². The predicted molar refractivity (Wildman–Crippen MR) is 110 cm³/mol. The molecule has 1 heterocycles. The number of likely N-dealkylation sites (tertiary alicyclic amines) is 1. The maximum atomic E-state index is 13.2. The molecule has 5 nitrogen and oxygen atoms in total. The lowest BCUT2D eigenvalue weighted by atomic mass is 9.84. The zero-order chi connectivity index (χ0) is 19.8. The van der Waals surface area contributed by atoms with Gasteiger partial charge in [0, 0.05) is 31.4 Å². The number of nitrogens with one attached hydrogen (secondary N) is 1. The van der Waals surface area contributed by atoms with Crippen molar-refractivity contribution in [3.05, 3.63) is 35.9 Å². The summed E-state index contributed by atoms with van der Waals surface area (Å²) >= 11 is 0. The van der Waals surface area contributed by atoms with Gasteiger partial charge < -0.3 is 15.0 Å². The van der Waals surface area contributed by atoms with Gasteiger partial charge >= 0.3 is 0 Å². The van der Waals surface area contributed by atoms with E-state index >= 15 is 0 Å². The Hall–Kier alpha value is -1.88. The van der Waals surface area contributed by atoms with Crippen LogP contribution in [0.4, 0.5) is 0 Å². The van der Waals surface area contributed by atoms with Crippen LogP contribution in [0, 0.1) is 5.92 Å². The van der Waals surface area contributed by atoms with Crippen molar-refractivity contribution in [3.63, 3.8) is 0 Å². The molecule has 5 heteroatoms. The van der Waals surface area contributed by atoms with E-state index in [2.05, 4.69) is 12.2 Å². The molecule has 1 aromatic carbocycles. The van der Waals surface area contributed by atoms with Crippen molar-refractivity contribution in [2.45, 2.75) is 70.4 Å². The Morgan fingerprint density at radius 3 is 2.64 bits per heavy atom. The molecule has 0 radical (unpaired) electrons. The molecule has 3 atom stereocenters. The monoisotopic (exact) mass is 386 g/mol. The van der Waals surface area contributed by atoms with E-state index in [9.17, 15) is 9.59 Å². The summed E-state index contributed by atoms with van der Waals surface area (Å²) in [5, 5.41) is 3.05. The summed E-state index contributed by atoms with van der Waals surface area (Å²) in [7, 11) is 0. The fourth-order valence-corrected chi connectivity index (χ4v) is 4.57. The first kappa shape index (κ1) is 20.8. The van der Waals surface area contributed by atoms with Crippen LogP contribution in [-0.4, -0.2) is 48.6 Å². The van der Waals surface area contributed by atoms with Crippen LogP contribution < -0.4 is 5.32 Å². The van der Waals surface area contributed by atoms with Gasteiger partial charge in [0.05, 0.1) is 0 Å². The topological polar surface area (TPSA) is 58.6 Å². The van der Waals surface area contributed by atoms with Crippen molar-refractivity contribution in [2.24, 2.45) is 5.92 Å². The maximum absolute atomic E-state index is 13.2. The number of hydrogen-bond acceptors (Lipinski definition) is 3. The van der Waals surface area contributed by atoms with Gasteiger partial charge in [-0.3, -0.25) is 9.59 Å². The first-order valence-corrected chi connectivity index (χ1v) is 11.0. The van der Waals surface area contributed by atoms with Crippen molar-refractivity contribution in [3.8, 4) is 0 Å². The minimum Gasteiger partial charge on any atom is -0.381 e. The summed E-state index contributed by atoms with van der Waals surface area (Å²) in [6, 6.07) is 9.24. The average molecular weight is 387 g/mol. The summed E-state index contributed by atoms with van der Waals surface area (Å²) in [5.41, 5.74) is 0.677. The third kappa shape index (κ3) is 5.13. The number of carbonyl (C=O) groups is 2. The van der Waals surface area contributed by atoms with Gasteiger partial charge in [-0.05, 0) is 50.2 Å². The molecule has 3 unspecified atom stereocenters. The predicted octanol–water partition coefficient (Wildman–Crippen LogP) is 3.78. The first-order valence-electron chi connectivity index (χ1n) is 11.0. The SMILES string of the molecule is CCCCOCCCNC(=O)C1CC2CCCCC2N1C(=O)c1ccccc1. The maximum Gasteiger partial charge on any atom is 0.254 e. The van der Waals surface area contributed by atoms with Gasteiger partial charge in [0.15, 0.2) is 0 Å². The summed E-state index contributed by atoms with van der Waals surface area (Å²) < 4.78 is 5.56. The van der Waals surface area contributed by atoms with Gasteiger partial charge in [-0.15, -0.1) is 0 Å². The lowest BCUT2D eigenvalue weighted by Crippen LogP contribution is -2.49. The average Bonchev–Trinajstić information content (AvgIpc) is 3.13. The Morgan fingerprint density at radius 1 is 1.11 bits per heavy atom. The number of benzene rings is 1. The molecule has 0 bridgehead atoms. The molecule has 1 aromatic rings. The summed E-state index contributed by atoms with van der Waals surface area (Å²) in [6.07, 6.45) is 8.29. The fraction of sp³-hybridized carbons (Fsp3) is 0.652. The van der Waals surface area contributed by atoms with E-state index in [0.29, 0.717) is 24.6 Å². The van der Waals surface area contributed by atoms with Crippen LogP contribution in [0.25, 0.3) is 0 Å². The van der Waals surface area contributed by atoms with Gasteiger partial charge in [0.25, 0.3) is 5.91 Å². The van der Waals surface area contributed by atoms with E-state index < -0.39 is 0 Å². The summed E-state index contributed by atoms with van der Waals surface area (Å²) in [5.74, 6) is 0.444. The van der Waals surface area contributed by atoms with E-state index in [1.165, 1.54) is 6.42 Å². The van der Waals surface area contributed by atoms with Crippen molar-refractivity contribution < 1.29 is 14.3 Å². The number of nitrogens with zero attached hydrogens (tertiary/aromatic N) is 1. The third-order valence-electron chi connectivity index (χ3n) is 6.05. The number of fused-ring (bicyclic) bond motifs is 1. The fourth-order valence-electron chi connectivity index (χ4n) is 4.57. The van der Waals surface area contributed by atoms with Gasteiger partial charge in [-0.2, -0.15) is 0 Å². The molecule has 1 saturated heterocycles. The number of carbonyl (C=O) groups excluding carboxylic acids is 2. The quantitative estimate of drug-likeness (QED) is 0.657. The van der Waals surface area contributed by atoms with Gasteiger partial charge in [-0.1, -0.05) is 44.4 Å². The Labute approximate surface area is 168 Å². The standard InChI is InChI=1S/C23H34N2O3/c1-2-3-15-28-16-9-14-24-22(26)21-17-19-12-7-8-13-20(19)25(21)23(27)18-10-5-4-6-11-18/h4-6,10-11,19-21H,2-3,7-9,12-17H2,1H3,(H,24,26). The van der Waals surface area contributed by atoms with Crippen LogP contribution in [-0.2, 0) is 9.53 Å². The Bertz CT molecular complexity index is 634. The molecule has 154 valence electrons. The van der Waals surface area contributed by atoms with Crippen molar-refractivity contribution in [1.82, 2.24) is 10.2 Å². The molecule has 1 N–H and O–H groups in total. The minimum absolute atomic E-state index is 0.00181. The van der Waals surface area contributed by atoms with Gasteiger partial charge in [0.2, 0.25) is 5.91 Å². The zero-order valence-corrected chi connectivity index (χ0v) is 17.1. The lowest BCUT2D eigenvalue weighted by molar-refractivity contribution is -0.125. The van der Waals surface area contributed by atoms with E-state index in [1.807, 2.05) is 35.2 Å². The van der Waals surface area contributed by atoms with Crippen LogP contribution in [0.5, 0.6) is 0 Å². The van der Waals surface area contributed by atoms with Crippen LogP contribution >= 0.6 is 0 Å². The van der Waals surface area contributed by atoms with Crippen LogP contribution in [0.15, 0.2) is 30.3 Å². The van der Waals surface area contributed by atoms with Gasteiger partial charge in [0.1, 0.15) is 6.04 Å². The Morgan fingerprint density at radius 2 is 1.86 bits per heavy atom. The molecule has 1 aliphatic heterocycles. The molecule has 1 aliphatic carbocycles. The smallest absolute Gasteiger partial charge is 0.254 e. The lowest BCUT2D eigenvalue weighted by Gasteiger charge is -2.33. The second-order valence-electron chi connectivity index (χ2n) is 8.05. The van der Waals surface area contributed by atoms with Crippen LogP contribution in [0.1, 0.15) is 68.6 Å². The molecule has 0 aromatic heterocycles. The Balaban J connectivity index is 1.59. The molecule has 2 fully saturated rings. The highest BCUT2D eigenvalue weighted by molar-refractivity contribution is 5.98. The molecule has 3 rings (SSSR count). The van der Waals surface area contributed by atoms with Crippen molar-refractivity contribution in [2.75, 3.05) is 19.8 Å². The van der Waals surface area contributed by atoms with E-state index in [1.54, 1.807) is 0 Å². The number of ether oxygens (including phenoxy) is 1. The molecule has 2 aliphatic rings. The van der Waals surface area contributed by atoms with Crippen LogP contribution in [0.2, 0.25) is 0 Å². The highest BCUT2D eigenvalue weighted by atomic mass is 16.5. The second-order valence-corrected chi connectivity index (χ2v) is 8.05. The summed E-state index contributed by atoms with van der Waals surface area (Å²) in [4.78, 5) is 28.0. The molecule has 28 heavy (non-hydrogen) atoms. The normalized spacial score (nSPS) is 24.0. The molecular weight excluding hydrogens is 352 g/mol. The highest BCUT2D eigenvalue weighted by Gasteiger charge is 2.47. The number of unbranched alkanes of at least 4 members (excludes halogenated alkanes) is 1. The Kier molecular flexibility index (Phi) is 7.90. The molecule has 1 saturated carbocycles. The molecule has 2 amide bonds.